The zero-order chi connectivity index (χ0) is 19.6. The number of nitrogens with zero attached hydrogens (tertiary/aromatic N) is 3. The lowest BCUT2D eigenvalue weighted by atomic mass is 10.0. The second kappa shape index (κ2) is 7.24. The number of nitro benzene ring substituents is 1. The number of benzene rings is 2. The Morgan fingerprint density at radius 3 is 2.70 bits per heavy atom. The number of nitro groups is 1. The van der Waals surface area contributed by atoms with Crippen LogP contribution in [0.4, 0.5) is 15.8 Å². The monoisotopic (exact) mass is 369 g/mol. The summed E-state index contributed by atoms with van der Waals surface area (Å²) in [5.74, 6) is -0.670. The van der Waals surface area contributed by atoms with E-state index in [0.29, 0.717) is 11.4 Å². The van der Waals surface area contributed by atoms with Crippen LogP contribution in [-0.2, 0) is 7.05 Å². The van der Waals surface area contributed by atoms with E-state index < -0.39 is 22.7 Å². The highest BCUT2D eigenvalue weighted by Crippen LogP contribution is 2.32. The van der Waals surface area contributed by atoms with E-state index in [9.17, 15) is 19.3 Å². The SMILES string of the molecule is Cn1ccnc1[C@@H](Nc1ccc(C(N)=O)cc1[N+](=O)[O-])c1cccc(F)c1. The molecule has 27 heavy (non-hydrogen) atoms. The van der Waals surface area contributed by atoms with Crippen LogP contribution in [0.2, 0.25) is 0 Å². The number of hydrogen-bond acceptors (Lipinski definition) is 5. The van der Waals surface area contributed by atoms with Gasteiger partial charge in [0.15, 0.2) is 0 Å². The molecule has 0 spiro atoms. The van der Waals surface area contributed by atoms with Crippen molar-refractivity contribution in [1.82, 2.24) is 9.55 Å². The van der Waals surface area contributed by atoms with E-state index in [-0.39, 0.29) is 16.9 Å². The van der Waals surface area contributed by atoms with Gasteiger partial charge in [-0.2, -0.15) is 0 Å². The van der Waals surface area contributed by atoms with Gasteiger partial charge in [-0.25, -0.2) is 9.37 Å². The van der Waals surface area contributed by atoms with Crippen molar-refractivity contribution in [1.29, 1.82) is 0 Å². The van der Waals surface area contributed by atoms with E-state index in [1.165, 1.54) is 24.3 Å². The molecule has 0 aliphatic carbocycles. The minimum Gasteiger partial charge on any atom is -0.366 e. The third-order valence-electron chi connectivity index (χ3n) is 4.08. The van der Waals surface area contributed by atoms with Crippen LogP contribution in [0, 0.1) is 15.9 Å². The molecule has 1 atom stereocenters. The van der Waals surface area contributed by atoms with Crippen LogP contribution in [0.25, 0.3) is 0 Å². The van der Waals surface area contributed by atoms with Gasteiger partial charge < -0.3 is 15.6 Å². The number of nitrogens with one attached hydrogen (secondary N) is 1. The molecule has 1 heterocycles. The fourth-order valence-electron chi connectivity index (χ4n) is 2.75. The number of aromatic nitrogens is 2. The van der Waals surface area contributed by atoms with Gasteiger partial charge in [0.2, 0.25) is 5.91 Å². The first-order valence-corrected chi connectivity index (χ1v) is 7.94. The Hall–Kier alpha value is -3.75. The molecule has 0 fully saturated rings. The molecule has 8 nitrogen and oxygen atoms in total. The highest BCUT2D eigenvalue weighted by atomic mass is 19.1. The van der Waals surface area contributed by atoms with Gasteiger partial charge in [-0.3, -0.25) is 14.9 Å². The first-order valence-electron chi connectivity index (χ1n) is 7.94. The van der Waals surface area contributed by atoms with Crippen molar-refractivity contribution in [3.05, 3.63) is 87.7 Å². The average molecular weight is 369 g/mol. The Labute approximate surface area is 153 Å². The third kappa shape index (κ3) is 3.76. The predicted octanol–water partition coefficient (Wildman–Crippen LogP) is 2.77. The maximum Gasteiger partial charge on any atom is 0.293 e. The first-order chi connectivity index (χ1) is 12.9. The van der Waals surface area contributed by atoms with Crippen molar-refractivity contribution < 1.29 is 14.1 Å². The summed E-state index contributed by atoms with van der Waals surface area (Å²) >= 11 is 0. The second-order valence-electron chi connectivity index (χ2n) is 5.88. The van der Waals surface area contributed by atoms with Crippen molar-refractivity contribution in [2.75, 3.05) is 5.32 Å². The quantitative estimate of drug-likeness (QED) is 0.512. The van der Waals surface area contributed by atoms with Gasteiger partial charge >= 0.3 is 0 Å². The number of nitrogens with two attached hydrogens (primary N) is 1. The zero-order valence-corrected chi connectivity index (χ0v) is 14.3. The molecule has 1 aromatic heterocycles. The average Bonchev–Trinajstić information content (AvgIpc) is 3.05. The van der Waals surface area contributed by atoms with E-state index in [1.54, 1.807) is 36.1 Å². The summed E-state index contributed by atoms with van der Waals surface area (Å²) in [5, 5.41) is 14.5. The summed E-state index contributed by atoms with van der Waals surface area (Å²) in [6.07, 6.45) is 3.29. The third-order valence-corrected chi connectivity index (χ3v) is 4.08. The number of anilines is 1. The van der Waals surface area contributed by atoms with Crippen molar-refractivity contribution in [3.8, 4) is 0 Å². The lowest BCUT2D eigenvalue weighted by Crippen LogP contribution is -2.18. The Kier molecular flexibility index (Phi) is 4.84. The molecule has 3 rings (SSSR count). The summed E-state index contributed by atoms with van der Waals surface area (Å²) in [6.45, 7) is 0. The zero-order valence-electron chi connectivity index (χ0n) is 14.3. The summed E-state index contributed by atoms with van der Waals surface area (Å²) in [5.41, 5.74) is 5.60. The lowest BCUT2D eigenvalue weighted by molar-refractivity contribution is -0.384. The van der Waals surface area contributed by atoms with E-state index >= 15 is 0 Å². The van der Waals surface area contributed by atoms with Gasteiger partial charge in [0.25, 0.3) is 5.69 Å². The number of carbonyl (C=O) groups excluding carboxylic acids is 1. The molecular formula is C18H16FN5O3. The van der Waals surface area contributed by atoms with Crippen LogP contribution < -0.4 is 11.1 Å². The number of hydrogen-bond donors (Lipinski definition) is 2. The van der Waals surface area contributed by atoms with Gasteiger partial charge in [0.1, 0.15) is 23.4 Å². The lowest BCUT2D eigenvalue weighted by Gasteiger charge is -2.20. The molecule has 3 N–H and O–H groups in total. The topological polar surface area (TPSA) is 116 Å². The Morgan fingerprint density at radius 2 is 2.11 bits per heavy atom. The molecule has 138 valence electrons. The number of aryl methyl sites for hydroxylation is 1. The molecule has 2 aromatic carbocycles. The molecule has 0 saturated heterocycles. The number of halogens is 1. The van der Waals surface area contributed by atoms with Gasteiger partial charge in [-0.15, -0.1) is 0 Å². The maximum atomic E-state index is 13.7. The molecule has 0 radical (unpaired) electrons. The fraction of sp³-hybridized carbons (Fsp3) is 0.111. The van der Waals surface area contributed by atoms with Crippen LogP contribution in [0.3, 0.4) is 0 Å². The number of rotatable bonds is 6. The van der Waals surface area contributed by atoms with Crippen LogP contribution in [0.15, 0.2) is 54.9 Å². The van der Waals surface area contributed by atoms with Crippen LogP contribution in [0.5, 0.6) is 0 Å². The second-order valence-corrected chi connectivity index (χ2v) is 5.88. The minimum atomic E-state index is -0.768. The summed E-state index contributed by atoms with van der Waals surface area (Å²) in [4.78, 5) is 26.4. The predicted molar refractivity (Wildman–Crippen MR) is 96.7 cm³/mol. The molecule has 1 amide bonds. The fourth-order valence-corrected chi connectivity index (χ4v) is 2.75. The van der Waals surface area contributed by atoms with E-state index in [0.717, 1.165) is 6.07 Å². The Balaban J connectivity index is 2.09. The van der Waals surface area contributed by atoms with E-state index in [2.05, 4.69) is 10.3 Å². The van der Waals surface area contributed by atoms with Gasteiger partial charge in [-0.05, 0) is 29.8 Å². The van der Waals surface area contributed by atoms with Crippen LogP contribution in [-0.4, -0.2) is 20.4 Å². The van der Waals surface area contributed by atoms with Gasteiger partial charge in [0, 0.05) is 31.1 Å². The highest BCUT2D eigenvalue weighted by molar-refractivity contribution is 5.94. The van der Waals surface area contributed by atoms with Crippen molar-refractivity contribution in [3.63, 3.8) is 0 Å². The highest BCUT2D eigenvalue weighted by Gasteiger charge is 2.24. The standard InChI is InChI=1S/C18H16FN5O3/c1-23-8-7-21-18(23)16(11-3-2-4-13(19)9-11)22-14-6-5-12(17(20)25)10-15(14)24(26)27/h2-10,16,22H,1H3,(H2,20,25)/t16-/m0/s1. The molecule has 3 aromatic rings. The van der Waals surface area contributed by atoms with Crippen molar-refractivity contribution in [2.45, 2.75) is 6.04 Å². The van der Waals surface area contributed by atoms with Gasteiger partial charge in [-0.1, -0.05) is 12.1 Å². The number of imidazole rings is 1. The van der Waals surface area contributed by atoms with Crippen LogP contribution in [0.1, 0.15) is 27.8 Å². The smallest absolute Gasteiger partial charge is 0.293 e. The number of carbonyl (C=O) groups is 1. The molecule has 0 unspecified atom stereocenters. The van der Waals surface area contributed by atoms with Crippen LogP contribution >= 0.6 is 0 Å². The van der Waals surface area contributed by atoms with Crippen molar-refractivity contribution in [2.24, 2.45) is 12.8 Å². The van der Waals surface area contributed by atoms with Crippen molar-refractivity contribution >= 4 is 17.3 Å². The van der Waals surface area contributed by atoms with Gasteiger partial charge in [0.05, 0.1) is 4.92 Å². The maximum absolute atomic E-state index is 13.7. The summed E-state index contributed by atoms with van der Waals surface area (Å²) in [6, 6.07) is 9.11. The summed E-state index contributed by atoms with van der Waals surface area (Å²) in [7, 11) is 1.76. The number of primary amides is 1. The molecule has 0 aliphatic rings. The Morgan fingerprint density at radius 1 is 1.33 bits per heavy atom. The molecule has 0 aliphatic heterocycles. The molecule has 0 bridgehead atoms. The largest absolute Gasteiger partial charge is 0.366 e. The minimum absolute atomic E-state index is 0.0200. The summed E-state index contributed by atoms with van der Waals surface area (Å²) < 4.78 is 15.5. The molecule has 0 saturated carbocycles. The van der Waals surface area contributed by atoms with E-state index in [4.69, 9.17) is 5.73 Å². The normalized spacial score (nSPS) is 11.8. The Bertz CT molecular complexity index is 1020. The molecule has 9 heteroatoms. The molecular weight excluding hydrogens is 353 g/mol. The first kappa shape index (κ1) is 18.1. The number of amides is 1. The van der Waals surface area contributed by atoms with E-state index in [1.807, 2.05) is 0 Å².